The number of carbonyl (C=O) groups excluding carboxylic acids is 1. The maximum absolute atomic E-state index is 12.2. The second-order valence-electron chi connectivity index (χ2n) is 4.60. The molecule has 8 heteroatoms. The zero-order valence-electron chi connectivity index (χ0n) is 11.7. The second kappa shape index (κ2) is 6.57. The smallest absolute Gasteiger partial charge is 0.326 e. The summed E-state index contributed by atoms with van der Waals surface area (Å²) in [5.74, 6) is -0.865. The number of thioether (sulfide) groups is 1. The summed E-state index contributed by atoms with van der Waals surface area (Å²) >= 11 is 1.53. The zero-order chi connectivity index (χ0) is 15.4. The van der Waals surface area contributed by atoms with E-state index in [-0.39, 0.29) is 5.56 Å². The van der Waals surface area contributed by atoms with Crippen LogP contribution in [0.4, 0.5) is 0 Å². The molecule has 0 saturated heterocycles. The molecule has 0 aliphatic carbocycles. The van der Waals surface area contributed by atoms with Gasteiger partial charge >= 0.3 is 5.97 Å². The van der Waals surface area contributed by atoms with Crippen molar-refractivity contribution in [3.8, 4) is 0 Å². The lowest BCUT2D eigenvalue weighted by Gasteiger charge is -2.13. The van der Waals surface area contributed by atoms with Crippen molar-refractivity contribution in [1.82, 2.24) is 19.9 Å². The Bertz CT molecular complexity index is 670. The Balaban J connectivity index is 2.19. The standard InChI is InChI=1S/C13H16N4O3S/c1-8-5-14-11-9(6-15-17(11)7-8)12(18)16-10(13(19)20)3-4-21-2/h5-7,10H,3-4H2,1-2H3,(H,16,18)(H,19,20)/t10-/m0/s1. The minimum Gasteiger partial charge on any atom is -0.480 e. The van der Waals surface area contributed by atoms with E-state index in [0.717, 1.165) is 5.56 Å². The molecule has 0 fully saturated rings. The minimum absolute atomic E-state index is 0.269. The number of carbonyl (C=O) groups is 2. The van der Waals surface area contributed by atoms with Crippen LogP contribution in [0.5, 0.6) is 0 Å². The van der Waals surface area contributed by atoms with Crippen molar-refractivity contribution in [2.45, 2.75) is 19.4 Å². The summed E-state index contributed by atoms with van der Waals surface area (Å²) in [4.78, 5) is 27.5. The van der Waals surface area contributed by atoms with Crippen LogP contribution in [-0.2, 0) is 4.79 Å². The Hall–Kier alpha value is -2.09. The van der Waals surface area contributed by atoms with E-state index in [0.29, 0.717) is 17.8 Å². The van der Waals surface area contributed by atoms with Gasteiger partial charge < -0.3 is 10.4 Å². The van der Waals surface area contributed by atoms with Gasteiger partial charge in [-0.15, -0.1) is 0 Å². The predicted molar refractivity (Wildman–Crippen MR) is 79.6 cm³/mol. The first-order valence-electron chi connectivity index (χ1n) is 6.35. The number of fused-ring (bicyclic) bond motifs is 1. The number of aryl methyl sites for hydroxylation is 1. The average Bonchev–Trinajstić information content (AvgIpc) is 2.85. The Kier molecular flexibility index (Phi) is 4.79. The summed E-state index contributed by atoms with van der Waals surface area (Å²) in [6.45, 7) is 1.87. The number of amides is 1. The van der Waals surface area contributed by atoms with Crippen LogP contribution >= 0.6 is 11.8 Å². The zero-order valence-corrected chi connectivity index (χ0v) is 12.6. The Morgan fingerprint density at radius 1 is 1.48 bits per heavy atom. The maximum Gasteiger partial charge on any atom is 0.326 e. The largest absolute Gasteiger partial charge is 0.480 e. The first kappa shape index (κ1) is 15.3. The van der Waals surface area contributed by atoms with Crippen LogP contribution in [0.25, 0.3) is 5.65 Å². The lowest BCUT2D eigenvalue weighted by Crippen LogP contribution is -2.41. The van der Waals surface area contributed by atoms with Crippen molar-refractivity contribution in [3.05, 3.63) is 29.7 Å². The lowest BCUT2D eigenvalue weighted by molar-refractivity contribution is -0.139. The summed E-state index contributed by atoms with van der Waals surface area (Å²) in [7, 11) is 0. The molecule has 1 amide bonds. The van der Waals surface area contributed by atoms with Gasteiger partial charge in [-0.3, -0.25) is 4.79 Å². The van der Waals surface area contributed by atoms with E-state index in [1.165, 1.54) is 22.5 Å². The fraction of sp³-hybridized carbons (Fsp3) is 0.385. The number of rotatable bonds is 6. The van der Waals surface area contributed by atoms with Crippen molar-refractivity contribution in [2.24, 2.45) is 0 Å². The monoisotopic (exact) mass is 308 g/mol. The van der Waals surface area contributed by atoms with E-state index in [2.05, 4.69) is 15.4 Å². The number of aromatic nitrogens is 3. The highest BCUT2D eigenvalue weighted by Gasteiger charge is 2.22. The highest BCUT2D eigenvalue weighted by atomic mass is 32.2. The number of nitrogens with one attached hydrogen (secondary N) is 1. The van der Waals surface area contributed by atoms with Gasteiger partial charge in [0.25, 0.3) is 5.91 Å². The normalized spacial score (nSPS) is 12.3. The van der Waals surface area contributed by atoms with Gasteiger partial charge in [0, 0.05) is 12.4 Å². The Morgan fingerprint density at radius 3 is 2.90 bits per heavy atom. The summed E-state index contributed by atoms with van der Waals surface area (Å²) in [5, 5.41) is 15.7. The number of carboxylic acids is 1. The van der Waals surface area contributed by atoms with E-state index in [1.807, 2.05) is 13.2 Å². The summed E-state index contributed by atoms with van der Waals surface area (Å²) in [6, 6.07) is -0.912. The first-order valence-corrected chi connectivity index (χ1v) is 7.75. The van der Waals surface area contributed by atoms with Crippen molar-refractivity contribution in [1.29, 1.82) is 0 Å². The molecule has 0 radical (unpaired) electrons. The van der Waals surface area contributed by atoms with Crippen molar-refractivity contribution < 1.29 is 14.7 Å². The van der Waals surface area contributed by atoms with Gasteiger partial charge in [-0.1, -0.05) is 0 Å². The number of carboxylic acid groups (broad SMARTS) is 1. The van der Waals surface area contributed by atoms with Gasteiger partial charge in [-0.25, -0.2) is 14.3 Å². The van der Waals surface area contributed by atoms with Crippen LogP contribution in [0, 0.1) is 6.92 Å². The Labute approximate surface area is 125 Å². The molecule has 0 bridgehead atoms. The third kappa shape index (κ3) is 3.52. The van der Waals surface area contributed by atoms with Crippen LogP contribution in [0.1, 0.15) is 22.3 Å². The molecule has 1 atom stereocenters. The Morgan fingerprint density at radius 2 is 2.24 bits per heavy atom. The first-order chi connectivity index (χ1) is 10.0. The molecule has 112 valence electrons. The molecular weight excluding hydrogens is 292 g/mol. The molecule has 0 unspecified atom stereocenters. The molecule has 2 rings (SSSR count). The second-order valence-corrected chi connectivity index (χ2v) is 5.59. The van der Waals surface area contributed by atoms with Crippen molar-refractivity contribution >= 4 is 29.3 Å². The molecule has 21 heavy (non-hydrogen) atoms. The van der Waals surface area contributed by atoms with E-state index < -0.39 is 17.9 Å². The van der Waals surface area contributed by atoms with Gasteiger partial charge in [0.2, 0.25) is 0 Å². The van der Waals surface area contributed by atoms with Crippen LogP contribution < -0.4 is 5.32 Å². The van der Waals surface area contributed by atoms with Crippen LogP contribution in [-0.4, -0.2) is 49.6 Å². The molecule has 7 nitrogen and oxygen atoms in total. The van der Waals surface area contributed by atoms with Crippen molar-refractivity contribution in [3.63, 3.8) is 0 Å². The number of nitrogens with zero attached hydrogens (tertiary/aromatic N) is 3. The quantitative estimate of drug-likeness (QED) is 0.825. The van der Waals surface area contributed by atoms with Gasteiger partial charge in [0.05, 0.1) is 6.20 Å². The summed E-state index contributed by atoms with van der Waals surface area (Å²) in [5.41, 5.74) is 1.60. The SMILES string of the molecule is CSCC[C@H](NC(=O)c1cnn2cc(C)cnc12)C(=O)O. The number of hydrogen-bond donors (Lipinski definition) is 2. The van der Waals surface area contributed by atoms with E-state index in [9.17, 15) is 9.59 Å². The van der Waals surface area contributed by atoms with Crippen LogP contribution in [0.3, 0.4) is 0 Å². The topological polar surface area (TPSA) is 96.6 Å². The van der Waals surface area contributed by atoms with Gasteiger partial charge in [-0.05, 0) is 30.9 Å². The van der Waals surface area contributed by atoms with Gasteiger partial charge in [0.15, 0.2) is 5.65 Å². The summed E-state index contributed by atoms with van der Waals surface area (Å²) < 4.78 is 1.50. The van der Waals surface area contributed by atoms with E-state index >= 15 is 0 Å². The minimum atomic E-state index is -1.04. The molecular formula is C13H16N4O3S. The number of hydrogen-bond acceptors (Lipinski definition) is 5. The van der Waals surface area contributed by atoms with Gasteiger partial charge in [-0.2, -0.15) is 16.9 Å². The third-order valence-corrected chi connectivity index (χ3v) is 3.59. The van der Waals surface area contributed by atoms with E-state index in [1.54, 1.807) is 12.4 Å². The average molecular weight is 308 g/mol. The lowest BCUT2D eigenvalue weighted by atomic mass is 10.2. The maximum atomic E-state index is 12.2. The number of aliphatic carboxylic acids is 1. The van der Waals surface area contributed by atoms with E-state index in [4.69, 9.17) is 5.11 Å². The molecule has 0 aromatic carbocycles. The molecule has 0 aliphatic heterocycles. The molecule has 2 N–H and O–H groups in total. The fourth-order valence-corrected chi connectivity index (χ4v) is 2.33. The third-order valence-electron chi connectivity index (χ3n) is 2.94. The molecule has 0 spiro atoms. The fourth-order valence-electron chi connectivity index (χ4n) is 1.86. The van der Waals surface area contributed by atoms with Crippen LogP contribution in [0.15, 0.2) is 18.6 Å². The molecule has 2 heterocycles. The highest BCUT2D eigenvalue weighted by Crippen LogP contribution is 2.10. The molecule has 2 aromatic rings. The summed E-state index contributed by atoms with van der Waals surface area (Å²) in [6.07, 6.45) is 7.04. The highest BCUT2D eigenvalue weighted by molar-refractivity contribution is 7.98. The molecule has 0 aliphatic rings. The van der Waals surface area contributed by atoms with Crippen LogP contribution in [0.2, 0.25) is 0 Å². The predicted octanol–water partition coefficient (Wildman–Crippen LogP) is 0.974. The van der Waals surface area contributed by atoms with Crippen molar-refractivity contribution in [2.75, 3.05) is 12.0 Å². The molecule has 2 aromatic heterocycles. The van der Waals surface area contributed by atoms with Gasteiger partial charge in [0.1, 0.15) is 11.6 Å². The molecule has 0 saturated carbocycles.